The summed E-state index contributed by atoms with van der Waals surface area (Å²) in [6.07, 6.45) is 4.68. The fourth-order valence-corrected chi connectivity index (χ4v) is 7.65. The first-order valence-electron chi connectivity index (χ1n) is 11.7. The number of nitrogens with zero attached hydrogens (tertiary/aromatic N) is 3. The summed E-state index contributed by atoms with van der Waals surface area (Å²) in [5, 5.41) is 15.3. The summed E-state index contributed by atoms with van der Waals surface area (Å²) in [6.45, 7) is 9.41. The lowest BCUT2D eigenvalue weighted by molar-refractivity contribution is -0.113. The van der Waals surface area contributed by atoms with E-state index >= 15 is 0 Å². The topological polar surface area (TPSA) is 103 Å². The van der Waals surface area contributed by atoms with Crippen LogP contribution in [-0.2, 0) is 30.6 Å². The molecule has 1 aliphatic rings. The zero-order valence-electron chi connectivity index (χ0n) is 20.1. The summed E-state index contributed by atoms with van der Waals surface area (Å²) in [5.74, 6) is 0.974. The molecule has 3 heterocycles. The van der Waals surface area contributed by atoms with Crippen LogP contribution in [0.3, 0.4) is 0 Å². The lowest BCUT2D eigenvalue weighted by Crippen LogP contribution is -2.20. The maximum absolute atomic E-state index is 12.9. The number of hydrogen-bond acceptors (Lipinski definition) is 7. The SMILES string of the molecule is CCCn1c(SCC(=O)Nc2sc3c(c2C(N)=O)CCC(C)C3)nnc1-c1csc(C)c1CC. The van der Waals surface area contributed by atoms with Gasteiger partial charge in [0.05, 0.1) is 11.3 Å². The maximum atomic E-state index is 12.9. The molecule has 0 saturated heterocycles. The number of rotatable bonds is 9. The Labute approximate surface area is 212 Å². The van der Waals surface area contributed by atoms with Crippen LogP contribution < -0.4 is 11.1 Å². The maximum Gasteiger partial charge on any atom is 0.251 e. The van der Waals surface area contributed by atoms with Crippen LogP contribution in [0.4, 0.5) is 5.00 Å². The van der Waals surface area contributed by atoms with Gasteiger partial charge in [-0.2, -0.15) is 0 Å². The van der Waals surface area contributed by atoms with Crippen molar-refractivity contribution in [2.24, 2.45) is 11.7 Å². The Morgan fingerprint density at radius 3 is 2.82 bits per heavy atom. The fourth-order valence-electron chi connectivity index (χ4n) is 4.52. The van der Waals surface area contributed by atoms with E-state index in [4.69, 9.17) is 5.73 Å². The molecule has 0 saturated carbocycles. The fraction of sp³-hybridized carbons (Fsp3) is 0.500. The number of amides is 2. The van der Waals surface area contributed by atoms with Crippen LogP contribution in [0.5, 0.6) is 0 Å². The molecule has 1 atom stereocenters. The van der Waals surface area contributed by atoms with Crippen molar-refractivity contribution in [1.82, 2.24) is 14.8 Å². The first-order valence-corrected chi connectivity index (χ1v) is 14.4. The van der Waals surface area contributed by atoms with E-state index in [1.807, 2.05) is 0 Å². The molecule has 10 heteroatoms. The quantitative estimate of drug-likeness (QED) is 0.375. The summed E-state index contributed by atoms with van der Waals surface area (Å²) < 4.78 is 2.11. The number of carbonyl (C=O) groups is 2. The van der Waals surface area contributed by atoms with Crippen LogP contribution in [0, 0.1) is 12.8 Å². The highest BCUT2D eigenvalue weighted by Crippen LogP contribution is 2.39. The van der Waals surface area contributed by atoms with E-state index in [1.54, 1.807) is 11.3 Å². The van der Waals surface area contributed by atoms with Crippen LogP contribution in [0.15, 0.2) is 10.5 Å². The molecule has 182 valence electrons. The predicted molar refractivity (Wildman–Crippen MR) is 141 cm³/mol. The number of anilines is 1. The van der Waals surface area contributed by atoms with Crippen molar-refractivity contribution in [2.45, 2.75) is 71.5 Å². The van der Waals surface area contributed by atoms with Gasteiger partial charge in [-0.15, -0.1) is 32.9 Å². The first-order chi connectivity index (χ1) is 16.3. The molecular formula is C24H31N5O2S3. The molecule has 0 spiro atoms. The Balaban J connectivity index is 1.51. The van der Waals surface area contributed by atoms with Gasteiger partial charge in [-0.25, -0.2) is 0 Å². The highest BCUT2D eigenvalue weighted by Gasteiger charge is 2.27. The number of carbonyl (C=O) groups excluding carboxylic acids is 2. The standard InChI is InChI=1S/C24H31N5O2S3/c1-5-9-29-22(17-11-32-14(4)15(17)6-2)27-28-24(29)33-12-19(30)26-23-20(21(25)31)16-8-7-13(3)10-18(16)34-23/h11,13H,5-10,12H2,1-4H3,(H2,25,31)(H,26,30). The molecule has 34 heavy (non-hydrogen) atoms. The van der Waals surface area contributed by atoms with Gasteiger partial charge in [-0.05, 0) is 56.1 Å². The number of primary amides is 1. The van der Waals surface area contributed by atoms with Gasteiger partial charge in [0.15, 0.2) is 11.0 Å². The molecule has 0 fully saturated rings. The summed E-state index contributed by atoms with van der Waals surface area (Å²) in [6, 6.07) is 0. The number of nitrogens with two attached hydrogens (primary N) is 1. The van der Waals surface area contributed by atoms with Crippen LogP contribution in [-0.4, -0.2) is 32.3 Å². The molecule has 3 aromatic rings. The van der Waals surface area contributed by atoms with Crippen LogP contribution >= 0.6 is 34.4 Å². The van der Waals surface area contributed by atoms with E-state index < -0.39 is 5.91 Å². The average molecular weight is 518 g/mol. The van der Waals surface area contributed by atoms with Gasteiger partial charge >= 0.3 is 0 Å². The molecule has 0 bridgehead atoms. The van der Waals surface area contributed by atoms with Gasteiger partial charge in [0.1, 0.15) is 5.00 Å². The molecule has 3 aromatic heterocycles. The zero-order chi connectivity index (χ0) is 24.4. The van der Waals surface area contributed by atoms with Crippen LogP contribution in [0.1, 0.15) is 64.9 Å². The van der Waals surface area contributed by atoms with E-state index in [-0.39, 0.29) is 11.7 Å². The van der Waals surface area contributed by atoms with Crippen molar-refractivity contribution < 1.29 is 9.59 Å². The molecule has 0 aliphatic heterocycles. The number of hydrogen-bond donors (Lipinski definition) is 2. The van der Waals surface area contributed by atoms with Gasteiger partial charge in [-0.3, -0.25) is 9.59 Å². The largest absolute Gasteiger partial charge is 0.365 e. The second-order valence-electron chi connectivity index (χ2n) is 8.75. The van der Waals surface area contributed by atoms with Crippen molar-refractivity contribution in [3.05, 3.63) is 31.8 Å². The zero-order valence-corrected chi connectivity index (χ0v) is 22.5. The molecule has 0 radical (unpaired) electrons. The van der Waals surface area contributed by atoms with Crippen molar-refractivity contribution in [3.8, 4) is 11.4 Å². The summed E-state index contributed by atoms with van der Waals surface area (Å²) in [7, 11) is 0. The summed E-state index contributed by atoms with van der Waals surface area (Å²) >= 11 is 4.59. The second kappa shape index (κ2) is 10.6. The third kappa shape index (κ3) is 4.94. The first kappa shape index (κ1) is 24.9. The average Bonchev–Trinajstić information content (AvgIpc) is 3.46. The summed E-state index contributed by atoms with van der Waals surface area (Å²) in [4.78, 5) is 27.5. The monoisotopic (exact) mass is 517 g/mol. The Morgan fingerprint density at radius 1 is 1.32 bits per heavy atom. The molecule has 7 nitrogen and oxygen atoms in total. The van der Waals surface area contributed by atoms with Gasteiger partial charge in [0.25, 0.3) is 5.91 Å². The molecule has 0 aromatic carbocycles. The lowest BCUT2D eigenvalue weighted by atomic mass is 9.88. The van der Waals surface area contributed by atoms with Gasteiger partial charge in [0, 0.05) is 27.2 Å². The van der Waals surface area contributed by atoms with E-state index in [0.717, 1.165) is 60.8 Å². The van der Waals surface area contributed by atoms with Crippen LogP contribution in [0.25, 0.3) is 11.4 Å². The Morgan fingerprint density at radius 2 is 2.12 bits per heavy atom. The second-order valence-corrected chi connectivity index (χ2v) is 11.9. The number of fused-ring (bicyclic) bond motifs is 1. The number of nitrogens with one attached hydrogen (secondary N) is 1. The smallest absolute Gasteiger partial charge is 0.251 e. The molecular weight excluding hydrogens is 486 g/mol. The lowest BCUT2D eigenvalue weighted by Gasteiger charge is -2.18. The van der Waals surface area contributed by atoms with Crippen molar-refractivity contribution in [1.29, 1.82) is 0 Å². The van der Waals surface area contributed by atoms with Gasteiger partial charge in [0.2, 0.25) is 5.91 Å². The Kier molecular flexibility index (Phi) is 7.79. The molecule has 1 unspecified atom stereocenters. The molecule has 1 aliphatic carbocycles. The Hall–Kier alpha value is -2.17. The highest BCUT2D eigenvalue weighted by atomic mass is 32.2. The minimum absolute atomic E-state index is 0.174. The van der Waals surface area contributed by atoms with Crippen molar-refractivity contribution in [3.63, 3.8) is 0 Å². The summed E-state index contributed by atoms with van der Waals surface area (Å²) in [5.41, 5.74) is 9.63. The third-order valence-corrected chi connectivity index (χ3v) is 9.30. The predicted octanol–water partition coefficient (Wildman–Crippen LogP) is 5.30. The van der Waals surface area contributed by atoms with Crippen molar-refractivity contribution in [2.75, 3.05) is 11.1 Å². The third-order valence-electron chi connectivity index (χ3n) is 6.21. The number of aryl methyl sites for hydroxylation is 1. The Bertz CT molecular complexity index is 1210. The number of thiophene rings is 2. The van der Waals surface area contributed by atoms with Gasteiger partial charge in [-0.1, -0.05) is 32.5 Å². The number of aromatic nitrogens is 3. The van der Waals surface area contributed by atoms with Crippen LogP contribution in [0.2, 0.25) is 0 Å². The van der Waals surface area contributed by atoms with E-state index in [9.17, 15) is 9.59 Å². The minimum Gasteiger partial charge on any atom is -0.365 e. The van der Waals surface area contributed by atoms with Crippen molar-refractivity contribution >= 4 is 51.3 Å². The van der Waals surface area contributed by atoms with E-state index in [1.165, 1.54) is 38.4 Å². The normalized spacial score (nSPS) is 15.4. The number of thioether (sulfide) groups is 1. The van der Waals surface area contributed by atoms with E-state index in [2.05, 4.69) is 53.2 Å². The molecule has 2 amide bonds. The molecule has 4 rings (SSSR count). The molecule has 3 N–H and O–H groups in total. The highest BCUT2D eigenvalue weighted by molar-refractivity contribution is 7.99. The van der Waals surface area contributed by atoms with E-state index in [0.29, 0.717) is 16.5 Å². The van der Waals surface area contributed by atoms with Gasteiger partial charge < -0.3 is 15.6 Å². The minimum atomic E-state index is -0.472.